The predicted molar refractivity (Wildman–Crippen MR) is 120 cm³/mol. The van der Waals surface area contributed by atoms with Crippen molar-refractivity contribution in [1.82, 2.24) is 24.5 Å². The number of carbonyl (C=O) groups excluding carboxylic acids is 1. The number of nitrogens with zero attached hydrogens (tertiary/aromatic N) is 5. The Kier molecular flexibility index (Phi) is 6.33. The minimum absolute atomic E-state index is 0.294. The van der Waals surface area contributed by atoms with Crippen molar-refractivity contribution in [2.45, 2.75) is 0 Å². The quantitative estimate of drug-likeness (QED) is 0.307. The van der Waals surface area contributed by atoms with Crippen molar-refractivity contribution in [2.24, 2.45) is 0 Å². The van der Waals surface area contributed by atoms with Crippen LogP contribution in [0.3, 0.4) is 0 Å². The molecule has 0 atom stereocenters. The van der Waals surface area contributed by atoms with Gasteiger partial charge in [-0.3, -0.25) is 9.36 Å². The van der Waals surface area contributed by atoms with Crippen LogP contribution in [0, 0.1) is 0 Å². The standard InChI is InChI=1S/C22H21N7O3/c1-3-20(30)26-16-6-9-18-19(12-16)29(14-25-18)22-24-13-23-21(28-22)27-15-4-7-17(8-5-15)32-11-10-31-2/h3-9,12-14H,1,10-11H2,2H3,(H,26,30)(H,23,24,27,28). The molecule has 0 unspecified atom stereocenters. The van der Waals surface area contributed by atoms with E-state index in [0.717, 1.165) is 22.5 Å². The molecule has 10 heteroatoms. The molecule has 0 saturated heterocycles. The van der Waals surface area contributed by atoms with Gasteiger partial charge in [-0.2, -0.15) is 4.98 Å². The highest BCUT2D eigenvalue weighted by Gasteiger charge is 2.10. The lowest BCUT2D eigenvalue weighted by atomic mass is 10.2. The van der Waals surface area contributed by atoms with Crippen molar-refractivity contribution in [1.29, 1.82) is 0 Å². The van der Waals surface area contributed by atoms with E-state index in [9.17, 15) is 4.79 Å². The second-order valence-electron chi connectivity index (χ2n) is 6.61. The van der Waals surface area contributed by atoms with Gasteiger partial charge in [0.1, 0.15) is 25.0 Å². The van der Waals surface area contributed by atoms with Gasteiger partial charge in [0.05, 0.1) is 17.6 Å². The zero-order valence-corrected chi connectivity index (χ0v) is 17.4. The summed E-state index contributed by atoms with van der Waals surface area (Å²) in [6.45, 7) is 4.47. The van der Waals surface area contributed by atoms with Gasteiger partial charge in [-0.05, 0) is 48.5 Å². The average Bonchev–Trinajstić information content (AvgIpc) is 3.24. The third-order valence-corrected chi connectivity index (χ3v) is 4.44. The summed E-state index contributed by atoms with van der Waals surface area (Å²) in [5, 5.41) is 5.89. The molecule has 4 rings (SSSR count). The fourth-order valence-corrected chi connectivity index (χ4v) is 2.91. The van der Waals surface area contributed by atoms with E-state index in [1.165, 1.54) is 12.4 Å². The monoisotopic (exact) mass is 431 g/mol. The number of amides is 1. The highest BCUT2D eigenvalue weighted by molar-refractivity contribution is 6.00. The maximum atomic E-state index is 11.6. The number of nitrogens with one attached hydrogen (secondary N) is 2. The smallest absolute Gasteiger partial charge is 0.247 e. The van der Waals surface area contributed by atoms with Crippen LogP contribution in [0.2, 0.25) is 0 Å². The van der Waals surface area contributed by atoms with Gasteiger partial charge in [-0.25, -0.2) is 15.0 Å². The van der Waals surface area contributed by atoms with Crippen LogP contribution in [-0.4, -0.2) is 50.7 Å². The lowest BCUT2D eigenvalue weighted by Crippen LogP contribution is -2.07. The molecule has 0 spiro atoms. The lowest BCUT2D eigenvalue weighted by molar-refractivity contribution is -0.111. The largest absolute Gasteiger partial charge is 0.491 e. The summed E-state index contributed by atoms with van der Waals surface area (Å²) in [4.78, 5) is 28.9. The third-order valence-electron chi connectivity index (χ3n) is 4.44. The Labute approximate surface area is 184 Å². The fourth-order valence-electron chi connectivity index (χ4n) is 2.91. The average molecular weight is 431 g/mol. The van der Waals surface area contributed by atoms with Crippen LogP contribution in [0.4, 0.5) is 17.3 Å². The van der Waals surface area contributed by atoms with Crippen molar-refractivity contribution in [3.63, 3.8) is 0 Å². The molecule has 0 radical (unpaired) electrons. The van der Waals surface area contributed by atoms with Crippen LogP contribution in [0.1, 0.15) is 0 Å². The second kappa shape index (κ2) is 9.67. The van der Waals surface area contributed by atoms with Gasteiger partial charge < -0.3 is 20.1 Å². The number of methoxy groups -OCH3 is 1. The summed E-state index contributed by atoms with van der Waals surface area (Å²) in [5.74, 6) is 1.21. The number of aromatic nitrogens is 5. The molecule has 0 aliphatic carbocycles. The first-order chi connectivity index (χ1) is 15.7. The van der Waals surface area contributed by atoms with Crippen molar-refractivity contribution >= 4 is 34.3 Å². The molecule has 1 amide bonds. The fraction of sp³-hybridized carbons (Fsp3) is 0.136. The molecule has 2 aromatic carbocycles. The number of carbonyl (C=O) groups is 1. The van der Waals surface area contributed by atoms with E-state index in [4.69, 9.17) is 9.47 Å². The van der Waals surface area contributed by atoms with E-state index < -0.39 is 0 Å². The van der Waals surface area contributed by atoms with Gasteiger partial charge in [0, 0.05) is 18.5 Å². The number of ether oxygens (including phenoxy) is 2. The number of hydrogen-bond acceptors (Lipinski definition) is 8. The van der Waals surface area contributed by atoms with Gasteiger partial charge in [0.2, 0.25) is 17.8 Å². The van der Waals surface area contributed by atoms with Crippen molar-refractivity contribution < 1.29 is 14.3 Å². The Bertz CT molecular complexity index is 1240. The van der Waals surface area contributed by atoms with Gasteiger partial charge in [0.25, 0.3) is 0 Å². The second-order valence-corrected chi connectivity index (χ2v) is 6.61. The molecule has 2 heterocycles. The topological polar surface area (TPSA) is 116 Å². The number of fused-ring (bicyclic) bond motifs is 1. The molecular formula is C22H21N7O3. The van der Waals surface area contributed by atoms with Gasteiger partial charge >= 0.3 is 0 Å². The molecule has 162 valence electrons. The highest BCUT2D eigenvalue weighted by Crippen LogP contribution is 2.22. The van der Waals surface area contributed by atoms with Crippen LogP contribution in [0.15, 0.2) is 67.8 Å². The van der Waals surface area contributed by atoms with Crippen LogP contribution in [-0.2, 0) is 9.53 Å². The summed E-state index contributed by atoms with van der Waals surface area (Å²) in [7, 11) is 1.63. The maximum absolute atomic E-state index is 11.6. The molecule has 0 aliphatic heterocycles. The molecular weight excluding hydrogens is 410 g/mol. The van der Waals surface area contributed by atoms with Gasteiger partial charge in [-0.15, -0.1) is 0 Å². The molecule has 2 N–H and O–H groups in total. The first-order valence-electron chi connectivity index (χ1n) is 9.75. The molecule has 4 aromatic rings. The van der Waals surface area contributed by atoms with Crippen LogP contribution in [0.25, 0.3) is 17.0 Å². The summed E-state index contributed by atoms with van der Waals surface area (Å²) < 4.78 is 12.3. The van der Waals surface area contributed by atoms with E-state index in [-0.39, 0.29) is 5.91 Å². The zero-order chi connectivity index (χ0) is 22.3. The Morgan fingerprint density at radius 3 is 2.69 bits per heavy atom. The maximum Gasteiger partial charge on any atom is 0.247 e. The van der Waals surface area contributed by atoms with Crippen molar-refractivity contribution in [3.8, 4) is 11.7 Å². The van der Waals surface area contributed by atoms with E-state index in [0.29, 0.717) is 30.8 Å². The van der Waals surface area contributed by atoms with Crippen LogP contribution in [0.5, 0.6) is 5.75 Å². The van der Waals surface area contributed by atoms with Crippen LogP contribution >= 0.6 is 0 Å². The minimum Gasteiger partial charge on any atom is -0.491 e. The third kappa shape index (κ3) is 4.87. The van der Waals surface area contributed by atoms with Crippen molar-refractivity contribution in [3.05, 3.63) is 67.8 Å². The van der Waals surface area contributed by atoms with E-state index in [1.807, 2.05) is 24.3 Å². The Hall–Kier alpha value is -4.31. The molecule has 32 heavy (non-hydrogen) atoms. The highest BCUT2D eigenvalue weighted by atomic mass is 16.5. The molecule has 0 aliphatic rings. The predicted octanol–water partition coefficient (Wildman–Crippen LogP) is 3.10. The van der Waals surface area contributed by atoms with Crippen molar-refractivity contribution in [2.75, 3.05) is 31.0 Å². The number of imidazole rings is 1. The number of anilines is 3. The van der Waals surface area contributed by atoms with Crippen LogP contribution < -0.4 is 15.4 Å². The number of rotatable bonds is 9. The molecule has 0 saturated carbocycles. The molecule has 0 fully saturated rings. The normalized spacial score (nSPS) is 10.7. The summed E-state index contributed by atoms with van der Waals surface area (Å²) in [5.41, 5.74) is 2.89. The zero-order valence-electron chi connectivity index (χ0n) is 17.4. The summed E-state index contributed by atoms with van der Waals surface area (Å²) in [6, 6.07) is 12.8. The summed E-state index contributed by atoms with van der Waals surface area (Å²) >= 11 is 0. The SMILES string of the molecule is C=CC(=O)Nc1ccc2ncn(-c3ncnc(Nc4ccc(OCCOC)cc4)n3)c2c1. The lowest BCUT2D eigenvalue weighted by Gasteiger charge is -2.09. The molecule has 2 aromatic heterocycles. The summed E-state index contributed by atoms with van der Waals surface area (Å²) in [6.07, 6.45) is 4.25. The Morgan fingerprint density at radius 1 is 1.09 bits per heavy atom. The van der Waals surface area contributed by atoms with Gasteiger partial charge in [-0.1, -0.05) is 6.58 Å². The first-order valence-corrected chi connectivity index (χ1v) is 9.75. The van der Waals surface area contributed by atoms with Gasteiger partial charge in [0.15, 0.2) is 0 Å². The Balaban J connectivity index is 1.54. The van der Waals surface area contributed by atoms with E-state index in [2.05, 4.69) is 37.1 Å². The molecule has 10 nitrogen and oxygen atoms in total. The Morgan fingerprint density at radius 2 is 1.91 bits per heavy atom. The first kappa shape index (κ1) is 20.9. The molecule has 0 bridgehead atoms. The van der Waals surface area contributed by atoms with E-state index >= 15 is 0 Å². The number of hydrogen-bond donors (Lipinski definition) is 2. The minimum atomic E-state index is -0.294. The van der Waals surface area contributed by atoms with E-state index in [1.54, 1.807) is 36.2 Å². The number of benzene rings is 2.